The van der Waals surface area contributed by atoms with Crippen molar-refractivity contribution in [3.63, 3.8) is 0 Å². The number of rotatable bonds is 7. The van der Waals surface area contributed by atoms with Crippen LogP contribution >= 0.6 is 12.2 Å². The predicted molar refractivity (Wildman–Crippen MR) is 103 cm³/mol. The fourth-order valence-corrected chi connectivity index (χ4v) is 2.58. The predicted octanol–water partition coefficient (Wildman–Crippen LogP) is 3.80. The summed E-state index contributed by atoms with van der Waals surface area (Å²) in [6.45, 7) is 2.89. The highest BCUT2D eigenvalue weighted by atomic mass is 32.1. The highest BCUT2D eigenvalue weighted by Crippen LogP contribution is 2.27. The molecule has 2 rings (SSSR count). The van der Waals surface area contributed by atoms with Crippen molar-refractivity contribution in [3.8, 4) is 11.5 Å². The van der Waals surface area contributed by atoms with E-state index in [4.69, 9.17) is 21.7 Å². The summed E-state index contributed by atoms with van der Waals surface area (Å²) in [7, 11) is 3.28. The molecule has 0 aliphatic carbocycles. The molecule has 0 saturated heterocycles. The van der Waals surface area contributed by atoms with Crippen molar-refractivity contribution in [1.29, 1.82) is 0 Å². The molecule has 24 heavy (non-hydrogen) atoms. The highest BCUT2D eigenvalue weighted by Gasteiger charge is 2.05. The third-order valence-electron chi connectivity index (χ3n) is 3.77. The van der Waals surface area contributed by atoms with Gasteiger partial charge in [0.25, 0.3) is 0 Å². The van der Waals surface area contributed by atoms with Crippen LogP contribution in [0.5, 0.6) is 11.5 Å². The summed E-state index contributed by atoms with van der Waals surface area (Å²) in [6.07, 6.45) is 1.88. The van der Waals surface area contributed by atoms with Crippen molar-refractivity contribution in [1.82, 2.24) is 5.32 Å². The van der Waals surface area contributed by atoms with Crippen LogP contribution in [0.1, 0.15) is 18.1 Å². The molecule has 0 unspecified atom stereocenters. The molecule has 0 spiro atoms. The second-order valence-electron chi connectivity index (χ2n) is 5.37. The zero-order valence-electron chi connectivity index (χ0n) is 14.4. The van der Waals surface area contributed by atoms with E-state index in [1.807, 2.05) is 30.3 Å². The first-order valence-corrected chi connectivity index (χ1v) is 8.41. The lowest BCUT2D eigenvalue weighted by Crippen LogP contribution is -2.30. The minimum absolute atomic E-state index is 0.625. The highest BCUT2D eigenvalue weighted by molar-refractivity contribution is 7.80. The molecule has 0 saturated carbocycles. The SMILES string of the molecule is CCc1ccc(NC(=S)NCCc2ccc(OC)c(OC)c2)cc1. The number of benzene rings is 2. The Morgan fingerprint density at radius 2 is 1.62 bits per heavy atom. The number of nitrogens with one attached hydrogen (secondary N) is 2. The molecular weight excluding hydrogens is 320 g/mol. The van der Waals surface area contributed by atoms with E-state index in [0.717, 1.165) is 42.1 Å². The summed E-state index contributed by atoms with van der Waals surface area (Å²) in [5, 5.41) is 7.04. The number of hydrogen-bond donors (Lipinski definition) is 2. The molecule has 0 fully saturated rings. The summed E-state index contributed by atoms with van der Waals surface area (Å²) in [5.74, 6) is 1.48. The standard InChI is InChI=1S/C19H24N2O2S/c1-4-14-5-8-16(9-6-14)21-19(24)20-12-11-15-7-10-17(22-2)18(13-15)23-3/h5-10,13H,4,11-12H2,1-3H3,(H2,20,21,24). The molecule has 2 aromatic rings. The Bertz CT molecular complexity index is 672. The number of hydrogen-bond acceptors (Lipinski definition) is 3. The van der Waals surface area contributed by atoms with Gasteiger partial charge in [0.15, 0.2) is 16.6 Å². The van der Waals surface area contributed by atoms with E-state index >= 15 is 0 Å². The van der Waals surface area contributed by atoms with Gasteiger partial charge >= 0.3 is 0 Å². The van der Waals surface area contributed by atoms with Gasteiger partial charge in [-0.2, -0.15) is 0 Å². The molecule has 0 aromatic heterocycles. The Labute approximate surface area is 149 Å². The van der Waals surface area contributed by atoms with E-state index in [-0.39, 0.29) is 0 Å². The van der Waals surface area contributed by atoms with Crippen LogP contribution in [0.15, 0.2) is 42.5 Å². The molecule has 0 heterocycles. The van der Waals surface area contributed by atoms with Crippen molar-refractivity contribution >= 4 is 23.0 Å². The zero-order valence-corrected chi connectivity index (χ0v) is 15.2. The zero-order chi connectivity index (χ0) is 17.4. The molecule has 0 radical (unpaired) electrons. The molecule has 2 N–H and O–H groups in total. The number of thiocarbonyl (C=S) groups is 1. The monoisotopic (exact) mass is 344 g/mol. The van der Waals surface area contributed by atoms with Gasteiger partial charge < -0.3 is 20.1 Å². The number of methoxy groups -OCH3 is 2. The molecule has 0 amide bonds. The molecule has 0 bridgehead atoms. The van der Waals surface area contributed by atoms with Crippen LogP contribution in [0, 0.1) is 0 Å². The lowest BCUT2D eigenvalue weighted by molar-refractivity contribution is 0.354. The van der Waals surface area contributed by atoms with Crippen LogP contribution in [0.3, 0.4) is 0 Å². The molecule has 0 atom stereocenters. The average molecular weight is 344 g/mol. The van der Waals surface area contributed by atoms with E-state index in [0.29, 0.717) is 5.11 Å². The van der Waals surface area contributed by atoms with Gasteiger partial charge in [0.1, 0.15) is 0 Å². The summed E-state index contributed by atoms with van der Waals surface area (Å²) in [6, 6.07) is 14.2. The summed E-state index contributed by atoms with van der Waals surface area (Å²) < 4.78 is 10.6. The van der Waals surface area contributed by atoms with Crippen molar-refractivity contribution in [2.75, 3.05) is 26.1 Å². The first kappa shape index (κ1) is 18.1. The molecule has 2 aromatic carbocycles. The number of ether oxygens (including phenoxy) is 2. The van der Waals surface area contributed by atoms with Crippen LogP contribution in [0.25, 0.3) is 0 Å². The first-order chi connectivity index (χ1) is 11.7. The third kappa shape index (κ3) is 5.13. The minimum atomic E-state index is 0.625. The van der Waals surface area contributed by atoms with E-state index in [1.54, 1.807) is 14.2 Å². The van der Waals surface area contributed by atoms with Crippen LogP contribution in [0.4, 0.5) is 5.69 Å². The summed E-state index contributed by atoms with van der Waals surface area (Å²) in [5.41, 5.74) is 3.47. The first-order valence-electron chi connectivity index (χ1n) is 8.01. The normalized spacial score (nSPS) is 10.1. The fourth-order valence-electron chi connectivity index (χ4n) is 2.36. The smallest absolute Gasteiger partial charge is 0.170 e. The van der Waals surface area contributed by atoms with Crippen molar-refractivity contribution in [3.05, 3.63) is 53.6 Å². The Kier molecular flexibility index (Phi) is 6.88. The van der Waals surface area contributed by atoms with Crippen LogP contribution < -0.4 is 20.1 Å². The van der Waals surface area contributed by atoms with Crippen LogP contribution in [-0.2, 0) is 12.8 Å². The molecular formula is C19H24N2O2S. The maximum atomic E-state index is 5.33. The number of aryl methyl sites for hydroxylation is 1. The van der Waals surface area contributed by atoms with Gasteiger partial charge in [0.05, 0.1) is 14.2 Å². The number of anilines is 1. The van der Waals surface area contributed by atoms with Gasteiger partial charge in [-0.15, -0.1) is 0 Å². The maximum absolute atomic E-state index is 5.33. The van der Waals surface area contributed by atoms with Crippen molar-refractivity contribution in [2.24, 2.45) is 0 Å². The van der Waals surface area contributed by atoms with Gasteiger partial charge in [0, 0.05) is 12.2 Å². The second-order valence-corrected chi connectivity index (χ2v) is 5.78. The molecule has 4 nitrogen and oxygen atoms in total. The Morgan fingerprint density at radius 1 is 0.958 bits per heavy atom. The van der Waals surface area contributed by atoms with Crippen LogP contribution in [0.2, 0.25) is 0 Å². The Hall–Kier alpha value is -2.27. The van der Waals surface area contributed by atoms with E-state index in [1.165, 1.54) is 5.56 Å². The quantitative estimate of drug-likeness (QED) is 0.748. The fraction of sp³-hybridized carbons (Fsp3) is 0.316. The van der Waals surface area contributed by atoms with Gasteiger partial charge in [-0.05, 0) is 60.5 Å². The van der Waals surface area contributed by atoms with Crippen molar-refractivity contribution < 1.29 is 9.47 Å². The van der Waals surface area contributed by atoms with Gasteiger partial charge in [-0.1, -0.05) is 25.1 Å². The van der Waals surface area contributed by atoms with Gasteiger partial charge in [-0.3, -0.25) is 0 Å². The van der Waals surface area contributed by atoms with Gasteiger partial charge in [-0.25, -0.2) is 0 Å². The lowest BCUT2D eigenvalue weighted by Gasteiger charge is -2.12. The van der Waals surface area contributed by atoms with E-state index < -0.39 is 0 Å². The lowest BCUT2D eigenvalue weighted by atomic mass is 10.1. The second kappa shape index (κ2) is 9.13. The molecule has 0 aliphatic heterocycles. The largest absolute Gasteiger partial charge is 0.493 e. The molecule has 128 valence electrons. The average Bonchev–Trinajstić information content (AvgIpc) is 2.62. The third-order valence-corrected chi connectivity index (χ3v) is 4.01. The molecule has 5 heteroatoms. The van der Waals surface area contributed by atoms with Crippen LogP contribution in [-0.4, -0.2) is 25.9 Å². The minimum Gasteiger partial charge on any atom is -0.493 e. The van der Waals surface area contributed by atoms with E-state index in [9.17, 15) is 0 Å². The van der Waals surface area contributed by atoms with Crippen molar-refractivity contribution in [2.45, 2.75) is 19.8 Å². The topological polar surface area (TPSA) is 42.5 Å². The van der Waals surface area contributed by atoms with Gasteiger partial charge in [0.2, 0.25) is 0 Å². The Balaban J connectivity index is 1.81. The Morgan fingerprint density at radius 3 is 2.25 bits per heavy atom. The molecule has 0 aliphatic rings. The summed E-state index contributed by atoms with van der Waals surface area (Å²) in [4.78, 5) is 0. The van der Waals surface area contributed by atoms with E-state index in [2.05, 4.69) is 29.7 Å². The maximum Gasteiger partial charge on any atom is 0.170 e. The summed E-state index contributed by atoms with van der Waals surface area (Å²) >= 11 is 5.33.